The van der Waals surface area contributed by atoms with Gasteiger partial charge in [-0.1, -0.05) is 0 Å². The van der Waals surface area contributed by atoms with E-state index in [-0.39, 0.29) is 41.1 Å². The lowest BCUT2D eigenvalue weighted by atomic mass is 9.97. The lowest BCUT2D eigenvalue weighted by molar-refractivity contribution is -0.152. The number of nitrogens with zero attached hydrogens (tertiary/aromatic N) is 6. The minimum absolute atomic E-state index is 0.140. The summed E-state index contributed by atoms with van der Waals surface area (Å²) in [6.07, 6.45) is 2.84. The fourth-order valence-electron chi connectivity index (χ4n) is 11.7. The van der Waals surface area contributed by atoms with E-state index in [9.17, 15) is 23.7 Å². The molecule has 0 saturated carbocycles. The Balaban J connectivity index is 0.919. The molecular formula is C57H69N7O11S. The van der Waals surface area contributed by atoms with Crippen LogP contribution in [0.4, 0.5) is 11.4 Å². The lowest BCUT2D eigenvalue weighted by Gasteiger charge is -2.46. The number of aryl methyl sites for hydroxylation is 4. The zero-order chi connectivity index (χ0) is 53.6. The maximum Gasteiger partial charge on any atom is 0.335 e. The molecule has 4 saturated heterocycles. The molecule has 10 rings (SSSR count). The highest BCUT2D eigenvalue weighted by molar-refractivity contribution is 7.91. The molecule has 0 spiro atoms. The maximum atomic E-state index is 14.5. The Bertz CT molecular complexity index is 3380. The number of carboxylic acids is 1. The Morgan fingerprint density at radius 1 is 0.684 bits per heavy atom. The van der Waals surface area contributed by atoms with Crippen LogP contribution in [-0.2, 0) is 64.1 Å². The van der Waals surface area contributed by atoms with E-state index in [2.05, 4.69) is 9.80 Å². The molecule has 2 unspecified atom stereocenters. The molecule has 19 heteroatoms. The van der Waals surface area contributed by atoms with Crippen LogP contribution >= 0.6 is 0 Å². The van der Waals surface area contributed by atoms with E-state index in [1.54, 1.807) is 35.5 Å². The van der Waals surface area contributed by atoms with Gasteiger partial charge in [-0.15, -0.1) is 0 Å². The minimum atomic E-state index is -2.88. The summed E-state index contributed by atoms with van der Waals surface area (Å²) in [7, 11) is 0.445. The molecule has 4 aliphatic heterocycles. The van der Waals surface area contributed by atoms with E-state index in [0.717, 1.165) is 64.0 Å². The third-order valence-electron chi connectivity index (χ3n) is 15.6. The predicted octanol–water partition coefficient (Wildman–Crippen LogP) is 7.01. The molecule has 0 radical (unpaired) electrons. The molecular weight excluding hydrogens is 991 g/mol. The molecule has 7 atom stereocenters. The zero-order valence-electron chi connectivity index (χ0n) is 44.5. The molecule has 0 aliphatic carbocycles. The van der Waals surface area contributed by atoms with Crippen LogP contribution in [-0.4, -0.2) is 132 Å². The first kappa shape index (κ1) is 53.3. The number of aromatic carboxylic acids is 1. The van der Waals surface area contributed by atoms with Gasteiger partial charge in [-0.3, -0.25) is 18.7 Å². The average Bonchev–Trinajstić information content (AvgIpc) is 3.91. The summed E-state index contributed by atoms with van der Waals surface area (Å²) >= 11 is 0. The third kappa shape index (κ3) is 10.9. The first-order chi connectivity index (χ1) is 36.5. The van der Waals surface area contributed by atoms with E-state index in [4.69, 9.17) is 43.2 Å². The van der Waals surface area contributed by atoms with Crippen LogP contribution in [0.1, 0.15) is 86.9 Å². The zero-order valence-corrected chi connectivity index (χ0v) is 45.3. The first-order valence-electron chi connectivity index (χ1n) is 26.3. The topological polar surface area (TPSA) is 210 Å². The second kappa shape index (κ2) is 22.1. The Kier molecular flexibility index (Phi) is 15.5. The molecule has 4 aliphatic rings. The second-order valence-electron chi connectivity index (χ2n) is 21.0. The van der Waals surface area contributed by atoms with Crippen LogP contribution in [0.2, 0.25) is 0 Å². The summed E-state index contributed by atoms with van der Waals surface area (Å²) in [5, 5.41) is 10.6. The maximum absolute atomic E-state index is 14.5. The summed E-state index contributed by atoms with van der Waals surface area (Å²) in [6, 6.07) is 18.6. The molecule has 0 bridgehead atoms. The van der Waals surface area contributed by atoms with Crippen molar-refractivity contribution in [3.05, 3.63) is 132 Å². The van der Waals surface area contributed by atoms with Crippen molar-refractivity contribution >= 4 is 48.9 Å². The Morgan fingerprint density at radius 2 is 1.13 bits per heavy atom. The number of hydrogen-bond donors (Lipinski definition) is 2. The SMILES string of the molecule is COC[C@H]1CN(c2ccc3c(=O)n(CCc4c(C)cc(C(=O)O)cc4C)c([C@H]4CCCO4)nc3c2)CC(C2CN(c3ccc4c(=O)n(CCc5c(C)cc([S@](C)(=N)=O)cc5C)c([C@H]5CCO5)nc4c3)C[C@H](COC)O2)O1. The second-order valence-corrected chi connectivity index (χ2v) is 23.2. The van der Waals surface area contributed by atoms with Crippen molar-refractivity contribution in [1.82, 2.24) is 19.1 Å². The normalized spacial score (nSPS) is 22.8. The van der Waals surface area contributed by atoms with Gasteiger partial charge in [-0.2, -0.15) is 0 Å². The van der Waals surface area contributed by atoms with E-state index < -0.39 is 27.9 Å². The number of aromatic nitrogens is 4. The number of anilines is 2. The molecule has 6 aromatic rings. The number of carboxylic acid groups (broad SMARTS) is 1. The van der Waals surface area contributed by atoms with Crippen molar-refractivity contribution in [3.8, 4) is 0 Å². The molecule has 0 amide bonds. The lowest BCUT2D eigenvalue weighted by Crippen LogP contribution is -2.60. The highest BCUT2D eigenvalue weighted by Gasteiger charge is 2.40. The number of morpholine rings is 2. The van der Waals surface area contributed by atoms with Gasteiger partial charge >= 0.3 is 5.97 Å². The molecule has 18 nitrogen and oxygen atoms in total. The Hall–Kier alpha value is -6.06. The monoisotopic (exact) mass is 1060 g/mol. The fraction of sp³-hybridized carbons (Fsp3) is 0.491. The van der Waals surface area contributed by atoms with Crippen molar-refractivity contribution in [1.29, 1.82) is 4.78 Å². The number of ether oxygens (including phenoxy) is 6. The van der Waals surface area contributed by atoms with E-state index in [1.807, 2.05) is 76.2 Å². The third-order valence-corrected chi connectivity index (χ3v) is 16.7. The summed E-state index contributed by atoms with van der Waals surface area (Å²) < 4.78 is 61.3. The van der Waals surface area contributed by atoms with Crippen LogP contribution in [0, 0.1) is 32.5 Å². The molecule has 4 fully saturated rings. The number of rotatable bonds is 17. The van der Waals surface area contributed by atoms with Gasteiger partial charge in [0.25, 0.3) is 11.1 Å². The number of nitrogens with one attached hydrogen (secondary N) is 1. The molecule has 2 N–H and O–H groups in total. The number of hydrogen-bond acceptors (Lipinski definition) is 15. The van der Waals surface area contributed by atoms with E-state index >= 15 is 0 Å². The van der Waals surface area contributed by atoms with Gasteiger partial charge in [0, 0.05) is 89.0 Å². The van der Waals surface area contributed by atoms with Crippen LogP contribution in [0.3, 0.4) is 0 Å². The van der Waals surface area contributed by atoms with Crippen LogP contribution < -0.4 is 20.9 Å². The molecule has 6 heterocycles. The number of carbonyl (C=O) groups is 1. The Morgan fingerprint density at radius 3 is 1.53 bits per heavy atom. The summed E-state index contributed by atoms with van der Waals surface area (Å²) in [4.78, 5) is 56.1. The van der Waals surface area contributed by atoms with Gasteiger partial charge in [-0.25, -0.2) is 23.8 Å². The standard InChI is InChI=1S/C57H69N7O11S/c1-33-21-37(57(67)68)22-34(2)43(33)14-17-63-53(49-9-8-19-72-49)59-47-25-38(10-12-45(47)55(63)65)61-27-40(31-70-5)74-51(29-61)52-30-62(28-41(75-52)32-71-6)39-11-13-46-48(26-39)60-54(50-16-20-73-50)64(56(46)66)18-15-44-35(3)23-42(24-36(44)4)76(7,58)69/h10-13,21-26,40-41,49-52,58H,8-9,14-20,27-32H2,1-7H3,(H,67,68)/t40-,41-,49-,50-,51?,52?,76-/m1/s1. The van der Waals surface area contributed by atoms with Crippen molar-refractivity contribution in [2.75, 3.05) is 82.9 Å². The van der Waals surface area contributed by atoms with Gasteiger partial charge in [0.15, 0.2) is 0 Å². The van der Waals surface area contributed by atoms with Gasteiger partial charge in [0.1, 0.15) is 36.1 Å². The van der Waals surface area contributed by atoms with Crippen LogP contribution in [0.25, 0.3) is 21.8 Å². The summed E-state index contributed by atoms with van der Waals surface area (Å²) in [5.41, 5.74) is 8.54. The largest absolute Gasteiger partial charge is 0.478 e. The van der Waals surface area contributed by atoms with E-state index in [1.165, 1.54) is 6.26 Å². The first-order valence-corrected chi connectivity index (χ1v) is 28.2. The van der Waals surface area contributed by atoms with Crippen LogP contribution in [0.15, 0.2) is 75.1 Å². The minimum Gasteiger partial charge on any atom is -0.478 e. The van der Waals surface area contributed by atoms with Gasteiger partial charge in [0.05, 0.1) is 69.1 Å². The highest BCUT2D eigenvalue weighted by atomic mass is 32.2. The van der Waals surface area contributed by atoms with Gasteiger partial charge < -0.3 is 43.3 Å². The quantitative estimate of drug-likeness (QED) is 0.0941. The van der Waals surface area contributed by atoms with Crippen molar-refractivity contribution < 1.29 is 42.5 Å². The summed E-state index contributed by atoms with van der Waals surface area (Å²) in [5.74, 6) is 0.214. The molecule has 76 heavy (non-hydrogen) atoms. The predicted molar refractivity (Wildman–Crippen MR) is 290 cm³/mol. The van der Waals surface area contributed by atoms with Crippen molar-refractivity contribution in [2.45, 2.75) is 114 Å². The number of methoxy groups -OCH3 is 2. The van der Waals surface area contributed by atoms with Crippen LogP contribution in [0.5, 0.6) is 0 Å². The van der Waals surface area contributed by atoms with Crippen molar-refractivity contribution in [3.63, 3.8) is 0 Å². The highest BCUT2D eigenvalue weighted by Crippen LogP contribution is 2.34. The molecule has 404 valence electrons. The molecule has 2 aromatic heterocycles. The summed E-state index contributed by atoms with van der Waals surface area (Å²) in [6.45, 7) is 12.4. The average molecular weight is 1060 g/mol. The smallest absolute Gasteiger partial charge is 0.335 e. The fourth-order valence-corrected chi connectivity index (χ4v) is 12.5. The van der Waals surface area contributed by atoms with E-state index in [0.29, 0.717) is 117 Å². The van der Waals surface area contributed by atoms with Gasteiger partial charge in [0.2, 0.25) is 0 Å². The van der Waals surface area contributed by atoms with Crippen molar-refractivity contribution in [2.24, 2.45) is 0 Å². The van der Waals surface area contributed by atoms with Gasteiger partial charge in [-0.05, 0) is 147 Å². The Labute approximate surface area is 442 Å². The number of fused-ring (bicyclic) bond motifs is 2. The molecule has 4 aromatic carbocycles. The number of benzene rings is 4.